The Bertz CT molecular complexity index is 1440. The average molecular weight is 971 g/mol. The molecule has 0 aliphatic rings. The molecule has 0 aliphatic heterocycles. The smallest absolute Gasteiger partial charge is 0.670 e. The minimum absolute atomic E-state index is 0. The number of hydrogen-bond donors (Lipinski definition) is 4. The zero-order valence-electron chi connectivity index (χ0n) is 42.7. The third kappa shape index (κ3) is 77.9. The molecule has 0 unspecified atom stereocenters. The van der Waals surface area contributed by atoms with Crippen molar-refractivity contribution in [2.45, 2.75) is 161 Å². The first-order chi connectivity index (χ1) is 32.9. The van der Waals surface area contributed by atoms with Crippen molar-refractivity contribution in [1.82, 2.24) is 0 Å². The molecule has 2 atom stereocenters. The number of rotatable bonds is 38. The van der Waals surface area contributed by atoms with Crippen molar-refractivity contribution < 1.29 is 51.1 Å². The van der Waals surface area contributed by atoms with E-state index >= 15 is 0 Å². The first-order valence-electron chi connectivity index (χ1n) is 24.7. The van der Waals surface area contributed by atoms with Gasteiger partial charge in [-0.15, -0.1) is 5.92 Å². The SMILES string of the molecule is CC/C=C/C/C=C\C/C=C\C/C=C/C/C=C\C/C=C\CCC(=O)O.CC/C=C/C/C=C\C/C=C\C/C=C/C/C=C\C/C=C\CCC(=O)O.[CH2-][C@@H](CCCC[NH3+])C(=O)[O-].[Mg+2].[NH-][C@@H](CCCC[NH3+])C(=O)[O-]. The molecule has 0 aromatic heterocycles. The van der Waals surface area contributed by atoms with Gasteiger partial charge in [0.05, 0.1) is 13.1 Å². The van der Waals surface area contributed by atoms with Crippen LogP contribution in [0.1, 0.15) is 155 Å². The van der Waals surface area contributed by atoms with Gasteiger partial charge in [0.1, 0.15) is 0 Å². The van der Waals surface area contributed by atoms with Crippen LogP contribution >= 0.6 is 0 Å². The van der Waals surface area contributed by atoms with Crippen LogP contribution in [-0.2, 0) is 19.2 Å². The van der Waals surface area contributed by atoms with Gasteiger partial charge in [0, 0.05) is 24.8 Å². The topological polar surface area (TPSA) is 234 Å². The molecule has 0 amide bonds. The van der Waals surface area contributed by atoms with Crippen molar-refractivity contribution in [3.05, 3.63) is 158 Å². The number of quaternary nitrogens is 2. The quantitative estimate of drug-likeness (QED) is 0.0201. The van der Waals surface area contributed by atoms with Crippen LogP contribution in [0.25, 0.3) is 5.73 Å². The molecule has 0 saturated heterocycles. The Morgan fingerprint density at radius 2 is 0.696 bits per heavy atom. The van der Waals surface area contributed by atoms with E-state index in [9.17, 15) is 29.4 Å². The maximum Gasteiger partial charge on any atom is 2.00 e. The molecule has 0 radical (unpaired) electrons. The number of aliphatic carboxylic acids is 4. The summed E-state index contributed by atoms with van der Waals surface area (Å²) in [6.07, 6.45) is 69.4. The molecule has 0 aromatic rings. The van der Waals surface area contributed by atoms with Crippen molar-refractivity contribution >= 4 is 46.9 Å². The van der Waals surface area contributed by atoms with Gasteiger partial charge in [-0.1, -0.05) is 179 Å². The van der Waals surface area contributed by atoms with E-state index < -0.39 is 35.8 Å². The Morgan fingerprint density at radius 1 is 0.449 bits per heavy atom. The van der Waals surface area contributed by atoms with Gasteiger partial charge in [-0.05, 0) is 116 Å². The largest absolute Gasteiger partial charge is 2.00 e. The van der Waals surface area contributed by atoms with Crippen molar-refractivity contribution in [1.29, 1.82) is 0 Å². The van der Waals surface area contributed by atoms with Crippen LogP contribution in [0.3, 0.4) is 0 Å². The zero-order chi connectivity index (χ0) is 51.4. The van der Waals surface area contributed by atoms with Crippen LogP contribution in [0, 0.1) is 12.8 Å². The molecule has 384 valence electrons. The summed E-state index contributed by atoms with van der Waals surface area (Å²) in [6.45, 7) is 9.39. The second kappa shape index (κ2) is 65.5. The third-order valence-corrected chi connectivity index (χ3v) is 8.91. The molecule has 0 spiro atoms. The van der Waals surface area contributed by atoms with Gasteiger partial charge >= 0.3 is 35.0 Å². The van der Waals surface area contributed by atoms with E-state index in [1.807, 2.05) is 24.3 Å². The summed E-state index contributed by atoms with van der Waals surface area (Å²) in [4.78, 5) is 40.7. The van der Waals surface area contributed by atoms with Gasteiger partial charge < -0.3 is 54.1 Å². The van der Waals surface area contributed by atoms with E-state index in [0.717, 1.165) is 116 Å². The minimum atomic E-state index is -1.27. The van der Waals surface area contributed by atoms with E-state index in [0.29, 0.717) is 25.7 Å². The first-order valence-corrected chi connectivity index (χ1v) is 24.7. The van der Waals surface area contributed by atoms with Crippen molar-refractivity contribution in [2.24, 2.45) is 5.92 Å². The van der Waals surface area contributed by atoms with Crippen molar-refractivity contribution in [3.63, 3.8) is 0 Å². The Hall–Kier alpha value is -4.59. The van der Waals surface area contributed by atoms with E-state index in [2.05, 4.69) is 154 Å². The molecule has 12 heteroatoms. The Labute approximate surface area is 434 Å². The van der Waals surface area contributed by atoms with Crippen LogP contribution in [-0.4, -0.2) is 76.3 Å². The van der Waals surface area contributed by atoms with Gasteiger partial charge in [0.15, 0.2) is 0 Å². The van der Waals surface area contributed by atoms with Crippen molar-refractivity contribution in [3.8, 4) is 0 Å². The van der Waals surface area contributed by atoms with Crippen LogP contribution in [0.2, 0.25) is 0 Å². The van der Waals surface area contributed by atoms with Gasteiger partial charge in [-0.3, -0.25) is 9.59 Å². The molecule has 9 N–H and O–H groups in total. The monoisotopic (exact) mass is 970 g/mol. The van der Waals surface area contributed by atoms with Gasteiger partial charge in [0.2, 0.25) is 0 Å². The summed E-state index contributed by atoms with van der Waals surface area (Å²) in [5.74, 6) is -4.36. The van der Waals surface area contributed by atoms with Crippen molar-refractivity contribution in [2.75, 3.05) is 13.1 Å². The van der Waals surface area contributed by atoms with Gasteiger partial charge in [0.25, 0.3) is 0 Å². The second-order valence-corrected chi connectivity index (χ2v) is 15.3. The fraction of sp³-hybridized carbons (Fsp3) is 0.491. The second-order valence-electron chi connectivity index (χ2n) is 15.3. The summed E-state index contributed by atoms with van der Waals surface area (Å²) in [5.41, 5.74) is 14.2. The summed E-state index contributed by atoms with van der Waals surface area (Å²) in [7, 11) is 0. The molecule has 0 aromatic carbocycles. The van der Waals surface area contributed by atoms with E-state index in [-0.39, 0.29) is 35.9 Å². The number of carbonyl (C=O) groups excluding carboxylic acids is 2. The average Bonchev–Trinajstić information content (AvgIpc) is 3.31. The predicted octanol–water partition coefficient (Wildman–Crippen LogP) is 9.89. The molecular formula is C57H91MgN3O8. The Morgan fingerprint density at radius 3 is 0.913 bits per heavy atom. The number of hydrogen-bond acceptors (Lipinski definition) is 6. The molecular weight excluding hydrogens is 879 g/mol. The molecule has 0 saturated carbocycles. The van der Waals surface area contributed by atoms with E-state index in [4.69, 9.17) is 15.9 Å². The molecule has 0 rings (SSSR count). The van der Waals surface area contributed by atoms with E-state index in [1.54, 1.807) is 0 Å². The molecule has 0 fully saturated rings. The fourth-order valence-corrected chi connectivity index (χ4v) is 5.02. The fourth-order valence-electron chi connectivity index (χ4n) is 5.02. The number of unbranched alkanes of at least 4 members (excludes halogenated alkanes) is 2. The number of nitrogens with one attached hydrogen (secondary N) is 1. The minimum Gasteiger partial charge on any atom is -0.670 e. The first kappa shape index (κ1) is 73.4. The summed E-state index contributed by atoms with van der Waals surface area (Å²) >= 11 is 0. The molecule has 0 aliphatic carbocycles. The summed E-state index contributed by atoms with van der Waals surface area (Å²) in [6, 6.07) is -1.05. The summed E-state index contributed by atoms with van der Waals surface area (Å²) in [5, 5.41) is 37.1. The normalized spacial score (nSPS) is 12.8. The number of carboxylic acids is 4. The van der Waals surface area contributed by atoms with Crippen LogP contribution in [0.15, 0.2) is 146 Å². The van der Waals surface area contributed by atoms with Gasteiger partial charge in [-0.25, -0.2) is 0 Å². The maximum atomic E-state index is 10.3. The standard InChI is InChI=1S/2C22H32O2.C7H14NO2.C6H13N2O2.Mg/c2*1-2-3-4-5-6-7-8-9-10-11-12-13-14-15-16-17-18-19-20-21-22(23)24;1-6(7(9)10)4-2-3-5-8;7-4-2-1-3-5(8)6(9)10;/h2*3-4,6-7,9-10,12-13,15-16,18-19H,2,5,8,11,14,17,20-21H2,1H3,(H,23,24);6H,1-5,8H2,(H,9,10);5,8H,1-4,7H2,(H,9,10);/q;;2*-1;+2/b2*4-3+,7-6-,10-9-,13-12+,16-15-,19-18-;;;/t;;6-;5-;/m..00./s1. The Balaban J connectivity index is -0.000000283. The Kier molecular flexibility index (Phi) is 69.6. The molecule has 11 nitrogen and oxygen atoms in total. The van der Waals surface area contributed by atoms with Crippen LogP contribution < -0.4 is 21.7 Å². The summed E-state index contributed by atoms with van der Waals surface area (Å²) < 4.78 is 0. The van der Waals surface area contributed by atoms with E-state index in [1.165, 1.54) is 0 Å². The van der Waals surface area contributed by atoms with Gasteiger partial charge in [-0.2, -0.15) is 0 Å². The molecule has 0 heterocycles. The predicted molar refractivity (Wildman–Crippen MR) is 286 cm³/mol. The third-order valence-electron chi connectivity index (χ3n) is 8.91. The number of carboxylic acid groups (broad SMARTS) is 4. The maximum absolute atomic E-state index is 10.3. The number of allylic oxidation sites excluding steroid dienone is 24. The zero-order valence-corrected chi connectivity index (χ0v) is 44.1. The number of carbonyl (C=O) groups is 4. The molecule has 69 heavy (non-hydrogen) atoms. The molecule has 0 bridgehead atoms. The van der Waals surface area contributed by atoms with Crippen LogP contribution in [0.5, 0.6) is 0 Å². The van der Waals surface area contributed by atoms with Crippen LogP contribution in [0.4, 0.5) is 0 Å².